The first-order valence-electron chi connectivity index (χ1n) is 5.05. The molecule has 94 valence electrons. The molecular formula is C12H9F2NO3. The zero-order valence-corrected chi connectivity index (χ0v) is 9.64. The van der Waals surface area contributed by atoms with Crippen molar-refractivity contribution in [2.75, 3.05) is 7.11 Å². The first-order chi connectivity index (χ1) is 8.45. The third-order valence-electron chi connectivity index (χ3n) is 2.58. The van der Waals surface area contributed by atoms with E-state index in [-0.39, 0.29) is 16.8 Å². The van der Waals surface area contributed by atoms with Crippen LogP contribution >= 0.6 is 0 Å². The zero-order chi connectivity index (χ0) is 13.4. The summed E-state index contributed by atoms with van der Waals surface area (Å²) in [6.45, 7) is 1.35. The number of halogens is 2. The molecule has 1 aromatic heterocycles. The number of esters is 1. The van der Waals surface area contributed by atoms with Crippen molar-refractivity contribution in [3.05, 3.63) is 45.2 Å². The Hall–Kier alpha value is -2.24. The molecule has 18 heavy (non-hydrogen) atoms. The minimum atomic E-state index is -0.825. The van der Waals surface area contributed by atoms with Crippen LogP contribution in [-0.2, 0) is 4.74 Å². The third-order valence-corrected chi connectivity index (χ3v) is 2.58. The Morgan fingerprint density at radius 1 is 1.33 bits per heavy atom. The predicted octanol–water partition coefficient (Wildman–Crippen LogP) is 1.90. The van der Waals surface area contributed by atoms with Gasteiger partial charge in [0.2, 0.25) is 0 Å². The summed E-state index contributed by atoms with van der Waals surface area (Å²) >= 11 is 0. The number of pyridine rings is 1. The summed E-state index contributed by atoms with van der Waals surface area (Å²) < 4.78 is 31.8. The quantitative estimate of drug-likeness (QED) is 0.789. The molecule has 0 atom stereocenters. The fourth-order valence-electron chi connectivity index (χ4n) is 1.70. The Morgan fingerprint density at radius 3 is 2.61 bits per heavy atom. The first-order valence-corrected chi connectivity index (χ1v) is 5.05. The first kappa shape index (κ1) is 12.2. The molecule has 1 N–H and O–H groups in total. The number of hydrogen-bond acceptors (Lipinski definition) is 3. The van der Waals surface area contributed by atoms with Crippen LogP contribution in [0.25, 0.3) is 10.9 Å². The van der Waals surface area contributed by atoms with Crippen LogP contribution in [0.4, 0.5) is 8.78 Å². The highest BCUT2D eigenvalue weighted by Gasteiger charge is 2.16. The largest absolute Gasteiger partial charge is 0.464 e. The SMILES string of the molecule is COC(=O)c1cc(=O)c2c(F)c(C)cc(F)c2[nH]1. The number of carbonyl (C=O) groups excluding carboxylic acids is 1. The molecule has 1 heterocycles. The second-order valence-corrected chi connectivity index (χ2v) is 3.78. The van der Waals surface area contributed by atoms with Gasteiger partial charge in [-0.3, -0.25) is 4.79 Å². The van der Waals surface area contributed by atoms with Crippen molar-refractivity contribution in [2.24, 2.45) is 0 Å². The molecule has 0 unspecified atom stereocenters. The van der Waals surface area contributed by atoms with Gasteiger partial charge in [0.05, 0.1) is 18.0 Å². The molecule has 0 aliphatic rings. The second-order valence-electron chi connectivity index (χ2n) is 3.78. The molecule has 0 aliphatic heterocycles. The van der Waals surface area contributed by atoms with Crippen molar-refractivity contribution in [1.29, 1.82) is 0 Å². The van der Waals surface area contributed by atoms with Crippen molar-refractivity contribution in [3.8, 4) is 0 Å². The van der Waals surface area contributed by atoms with Crippen molar-refractivity contribution >= 4 is 16.9 Å². The number of ether oxygens (including phenoxy) is 1. The Labute approximate surface area is 100 Å². The molecule has 2 rings (SSSR count). The van der Waals surface area contributed by atoms with E-state index in [4.69, 9.17) is 0 Å². The number of benzene rings is 1. The summed E-state index contributed by atoms with van der Waals surface area (Å²) in [5, 5.41) is -0.403. The molecule has 0 spiro atoms. The van der Waals surface area contributed by atoms with Gasteiger partial charge >= 0.3 is 5.97 Å². The lowest BCUT2D eigenvalue weighted by molar-refractivity contribution is 0.0594. The minimum Gasteiger partial charge on any atom is -0.464 e. The van der Waals surface area contributed by atoms with Gasteiger partial charge < -0.3 is 9.72 Å². The lowest BCUT2D eigenvalue weighted by Gasteiger charge is -2.06. The molecule has 0 saturated carbocycles. The maximum absolute atomic E-state index is 13.8. The number of carbonyl (C=O) groups is 1. The highest BCUT2D eigenvalue weighted by atomic mass is 19.1. The topological polar surface area (TPSA) is 59.2 Å². The standard InChI is InChI=1S/C12H9F2NO3/c1-5-3-6(13)11-9(10(5)14)8(16)4-7(15-11)12(17)18-2/h3-4H,1-2H3,(H,15,16). The zero-order valence-electron chi connectivity index (χ0n) is 9.64. The fourth-order valence-corrected chi connectivity index (χ4v) is 1.70. The van der Waals surface area contributed by atoms with E-state index in [2.05, 4.69) is 9.72 Å². The third kappa shape index (κ3) is 1.75. The molecule has 4 nitrogen and oxygen atoms in total. The number of aryl methyl sites for hydroxylation is 1. The summed E-state index contributed by atoms with van der Waals surface area (Å²) in [6, 6.07) is 1.84. The Morgan fingerprint density at radius 2 is 2.00 bits per heavy atom. The van der Waals surface area contributed by atoms with E-state index in [9.17, 15) is 18.4 Å². The number of hydrogen-bond donors (Lipinski definition) is 1. The Kier molecular flexibility index (Phi) is 2.86. The van der Waals surface area contributed by atoms with Gasteiger partial charge in [-0.2, -0.15) is 0 Å². The number of aromatic amines is 1. The average Bonchev–Trinajstić information content (AvgIpc) is 2.34. The van der Waals surface area contributed by atoms with Gasteiger partial charge in [0.1, 0.15) is 17.3 Å². The minimum absolute atomic E-state index is 0.0244. The molecule has 0 radical (unpaired) electrons. The van der Waals surface area contributed by atoms with Gasteiger partial charge in [-0.1, -0.05) is 0 Å². The van der Waals surface area contributed by atoms with Crippen LogP contribution in [0.5, 0.6) is 0 Å². The summed E-state index contributed by atoms with van der Waals surface area (Å²) in [7, 11) is 1.12. The van der Waals surface area contributed by atoms with E-state index >= 15 is 0 Å². The van der Waals surface area contributed by atoms with Crippen LogP contribution in [0.3, 0.4) is 0 Å². The van der Waals surface area contributed by atoms with Crippen molar-refractivity contribution < 1.29 is 18.3 Å². The Bertz CT molecular complexity index is 707. The average molecular weight is 253 g/mol. The highest BCUT2D eigenvalue weighted by Crippen LogP contribution is 2.20. The van der Waals surface area contributed by atoms with Gasteiger partial charge in [0.15, 0.2) is 5.43 Å². The summed E-state index contributed by atoms with van der Waals surface area (Å²) in [5.74, 6) is -2.43. The van der Waals surface area contributed by atoms with Crippen molar-refractivity contribution in [2.45, 2.75) is 6.92 Å². The summed E-state index contributed by atoms with van der Waals surface area (Å²) in [6.07, 6.45) is 0. The van der Waals surface area contributed by atoms with Gasteiger partial charge in [-0.15, -0.1) is 0 Å². The normalized spacial score (nSPS) is 10.7. The molecule has 6 heteroatoms. The van der Waals surface area contributed by atoms with E-state index in [0.717, 1.165) is 19.2 Å². The molecule has 0 amide bonds. The number of aromatic nitrogens is 1. The van der Waals surface area contributed by atoms with Crippen LogP contribution in [0, 0.1) is 18.6 Å². The molecule has 0 saturated heterocycles. The molecule has 0 aliphatic carbocycles. The maximum atomic E-state index is 13.8. The van der Waals surface area contributed by atoms with Gasteiger partial charge in [0.25, 0.3) is 0 Å². The fraction of sp³-hybridized carbons (Fsp3) is 0.167. The summed E-state index contributed by atoms with van der Waals surface area (Å²) in [4.78, 5) is 25.3. The van der Waals surface area contributed by atoms with Crippen LogP contribution in [-0.4, -0.2) is 18.1 Å². The van der Waals surface area contributed by atoms with Gasteiger partial charge in [-0.05, 0) is 18.6 Å². The number of methoxy groups -OCH3 is 1. The van der Waals surface area contributed by atoms with E-state index in [1.54, 1.807) is 0 Å². The van der Waals surface area contributed by atoms with E-state index in [1.165, 1.54) is 6.92 Å². The number of nitrogens with one attached hydrogen (secondary N) is 1. The molecule has 0 fully saturated rings. The smallest absolute Gasteiger partial charge is 0.354 e. The lowest BCUT2D eigenvalue weighted by atomic mass is 10.1. The monoisotopic (exact) mass is 253 g/mol. The van der Waals surface area contributed by atoms with E-state index in [0.29, 0.717) is 0 Å². The lowest BCUT2D eigenvalue weighted by Crippen LogP contribution is -2.13. The van der Waals surface area contributed by atoms with E-state index < -0.39 is 28.4 Å². The van der Waals surface area contributed by atoms with Gasteiger partial charge in [0, 0.05) is 6.07 Å². The van der Waals surface area contributed by atoms with Crippen molar-refractivity contribution in [1.82, 2.24) is 4.98 Å². The maximum Gasteiger partial charge on any atom is 0.354 e. The van der Waals surface area contributed by atoms with Crippen LogP contribution in [0.2, 0.25) is 0 Å². The highest BCUT2D eigenvalue weighted by molar-refractivity contribution is 5.91. The van der Waals surface area contributed by atoms with Crippen LogP contribution < -0.4 is 5.43 Å². The predicted molar refractivity (Wildman–Crippen MR) is 60.6 cm³/mol. The van der Waals surface area contributed by atoms with Crippen LogP contribution in [0.15, 0.2) is 16.9 Å². The van der Waals surface area contributed by atoms with Crippen LogP contribution in [0.1, 0.15) is 16.1 Å². The molecule has 1 aromatic carbocycles. The summed E-state index contributed by atoms with van der Waals surface area (Å²) in [5.41, 5.74) is -1.32. The number of H-pyrrole nitrogens is 1. The number of fused-ring (bicyclic) bond motifs is 1. The number of rotatable bonds is 1. The second kappa shape index (κ2) is 4.21. The Balaban J connectivity index is 2.91. The van der Waals surface area contributed by atoms with E-state index in [1.807, 2.05) is 0 Å². The van der Waals surface area contributed by atoms with Gasteiger partial charge in [-0.25, -0.2) is 13.6 Å². The molecular weight excluding hydrogens is 244 g/mol. The van der Waals surface area contributed by atoms with Crippen molar-refractivity contribution in [3.63, 3.8) is 0 Å². The molecule has 0 bridgehead atoms. The molecule has 2 aromatic rings.